The van der Waals surface area contributed by atoms with E-state index in [1.165, 1.54) is 18.2 Å². The van der Waals surface area contributed by atoms with Crippen molar-refractivity contribution in [3.05, 3.63) is 76.6 Å². The summed E-state index contributed by atoms with van der Waals surface area (Å²) in [6.45, 7) is 3.35. The summed E-state index contributed by atoms with van der Waals surface area (Å²) in [6.07, 6.45) is 0. The predicted molar refractivity (Wildman–Crippen MR) is 121 cm³/mol. The SMILES string of the molecule is CCn1c(SCCNc2nc(-c3ccc(F)cc3)ccc2[N+](=O)[O-])nc2ccccc21. The molecule has 0 saturated carbocycles. The summed E-state index contributed by atoms with van der Waals surface area (Å²) in [4.78, 5) is 20.0. The topological polar surface area (TPSA) is 85.9 Å². The molecule has 0 unspecified atom stereocenters. The van der Waals surface area contributed by atoms with E-state index in [1.54, 1.807) is 30.0 Å². The Morgan fingerprint density at radius 3 is 2.61 bits per heavy atom. The number of fused-ring (bicyclic) bond motifs is 1. The minimum Gasteiger partial charge on any atom is -0.363 e. The number of rotatable bonds is 8. The Bertz CT molecular complexity index is 1230. The zero-order valence-electron chi connectivity index (χ0n) is 16.8. The van der Waals surface area contributed by atoms with Crippen molar-refractivity contribution in [3.8, 4) is 11.3 Å². The van der Waals surface area contributed by atoms with Crippen LogP contribution >= 0.6 is 11.8 Å². The minimum absolute atomic E-state index is 0.100. The van der Waals surface area contributed by atoms with E-state index in [9.17, 15) is 14.5 Å². The van der Waals surface area contributed by atoms with E-state index < -0.39 is 4.92 Å². The molecule has 31 heavy (non-hydrogen) atoms. The summed E-state index contributed by atoms with van der Waals surface area (Å²) in [5.41, 5.74) is 3.16. The third kappa shape index (κ3) is 4.51. The average molecular weight is 438 g/mol. The molecule has 0 amide bonds. The molecule has 7 nitrogen and oxygen atoms in total. The molecule has 0 aliphatic heterocycles. The van der Waals surface area contributed by atoms with Gasteiger partial charge in [-0.2, -0.15) is 0 Å². The van der Waals surface area contributed by atoms with E-state index in [2.05, 4.69) is 26.8 Å². The van der Waals surface area contributed by atoms with Crippen LogP contribution < -0.4 is 5.32 Å². The maximum absolute atomic E-state index is 13.2. The number of thioether (sulfide) groups is 1. The number of hydrogen-bond donors (Lipinski definition) is 1. The molecule has 2 aromatic carbocycles. The molecular formula is C22H20FN5O2S. The Morgan fingerprint density at radius 2 is 1.87 bits per heavy atom. The maximum atomic E-state index is 13.2. The highest BCUT2D eigenvalue weighted by Crippen LogP contribution is 2.28. The van der Waals surface area contributed by atoms with Crippen molar-refractivity contribution in [2.45, 2.75) is 18.6 Å². The molecule has 2 aromatic heterocycles. The van der Waals surface area contributed by atoms with E-state index in [4.69, 9.17) is 0 Å². The molecule has 0 atom stereocenters. The lowest BCUT2D eigenvalue weighted by Gasteiger charge is -2.09. The van der Waals surface area contributed by atoms with Gasteiger partial charge >= 0.3 is 5.69 Å². The number of para-hydroxylation sites is 2. The molecular weight excluding hydrogens is 417 g/mol. The van der Waals surface area contributed by atoms with Gasteiger partial charge in [-0.05, 0) is 49.4 Å². The van der Waals surface area contributed by atoms with E-state index >= 15 is 0 Å². The van der Waals surface area contributed by atoms with Crippen molar-refractivity contribution in [2.75, 3.05) is 17.6 Å². The quantitative estimate of drug-likeness (QED) is 0.173. The first kappa shape index (κ1) is 20.8. The molecule has 0 fully saturated rings. The lowest BCUT2D eigenvalue weighted by molar-refractivity contribution is -0.384. The Labute approximate surface area is 182 Å². The van der Waals surface area contributed by atoms with Gasteiger partial charge in [0.1, 0.15) is 5.82 Å². The molecule has 0 radical (unpaired) electrons. The highest BCUT2D eigenvalue weighted by Gasteiger charge is 2.17. The van der Waals surface area contributed by atoms with E-state index in [1.807, 2.05) is 24.3 Å². The lowest BCUT2D eigenvalue weighted by Crippen LogP contribution is -2.09. The summed E-state index contributed by atoms with van der Waals surface area (Å²) >= 11 is 1.58. The van der Waals surface area contributed by atoms with Crippen molar-refractivity contribution < 1.29 is 9.31 Å². The molecule has 0 aliphatic rings. The first-order valence-electron chi connectivity index (χ1n) is 9.80. The molecule has 4 aromatic rings. The number of nitrogens with zero attached hydrogens (tertiary/aromatic N) is 4. The molecule has 0 aliphatic carbocycles. The fourth-order valence-corrected chi connectivity index (χ4v) is 4.22. The van der Waals surface area contributed by atoms with Gasteiger partial charge in [-0.1, -0.05) is 23.9 Å². The van der Waals surface area contributed by atoms with Crippen molar-refractivity contribution in [2.24, 2.45) is 0 Å². The van der Waals surface area contributed by atoms with Gasteiger partial charge in [-0.15, -0.1) is 0 Å². The van der Waals surface area contributed by atoms with E-state index in [0.717, 1.165) is 22.7 Å². The minimum atomic E-state index is -0.465. The molecule has 2 heterocycles. The zero-order valence-corrected chi connectivity index (χ0v) is 17.6. The summed E-state index contributed by atoms with van der Waals surface area (Å²) in [5.74, 6) is 0.499. The van der Waals surface area contributed by atoms with Gasteiger partial charge < -0.3 is 9.88 Å². The lowest BCUT2D eigenvalue weighted by atomic mass is 10.1. The van der Waals surface area contributed by atoms with Gasteiger partial charge in [-0.3, -0.25) is 10.1 Å². The van der Waals surface area contributed by atoms with Crippen molar-refractivity contribution >= 4 is 34.3 Å². The molecule has 0 saturated heterocycles. The van der Waals surface area contributed by atoms with E-state index in [-0.39, 0.29) is 17.3 Å². The number of nitro groups is 1. The third-order valence-electron chi connectivity index (χ3n) is 4.77. The number of aromatic nitrogens is 3. The average Bonchev–Trinajstić information content (AvgIpc) is 3.14. The highest BCUT2D eigenvalue weighted by atomic mass is 32.2. The van der Waals surface area contributed by atoms with Crippen molar-refractivity contribution in [1.82, 2.24) is 14.5 Å². The van der Waals surface area contributed by atoms with Gasteiger partial charge in [0.25, 0.3) is 0 Å². The van der Waals surface area contributed by atoms with Crippen LogP contribution in [0, 0.1) is 15.9 Å². The van der Waals surface area contributed by atoms with Crippen molar-refractivity contribution in [3.63, 3.8) is 0 Å². The number of pyridine rings is 1. The summed E-state index contributed by atoms with van der Waals surface area (Å²) in [6, 6.07) is 16.8. The van der Waals surface area contributed by atoms with Crippen LogP contribution in [0.3, 0.4) is 0 Å². The number of nitrogens with one attached hydrogen (secondary N) is 1. The maximum Gasteiger partial charge on any atom is 0.311 e. The largest absolute Gasteiger partial charge is 0.363 e. The van der Waals surface area contributed by atoms with Crippen LogP contribution in [0.25, 0.3) is 22.3 Å². The number of imidazole rings is 1. The second-order valence-electron chi connectivity index (χ2n) is 6.73. The Hall–Kier alpha value is -3.46. The van der Waals surface area contributed by atoms with E-state index in [0.29, 0.717) is 23.6 Å². The number of aryl methyl sites for hydroxylation is 1. The molecule has 0 bridgehead atoms. The standard InChI is InChI=1S/C22H20FN5O2S/c1-2-27-19-6-4-3-5-18(19)26-22(27)31-14-13-24-21-20(28(29)30)12-11-17(25-21)15-7-9-16(23)10-8-15/h3-12H,2,13-14H2,1H3,(H,24,25). The molecule has 1 N–H and O–H groups in total. The summed E-state index contributed by atoms with van der Waals surface area (Å²) in [7, 11) is 0. The van der Waals surface area contributed by atoms with Crippen LogP contribution in [0.1, 0.15) is 6.92 Å². The second-order valence-corrected chi connectivity index (χ2v) is 7.79. The Kier molecular flexibility index (Phi) is 6.13. The van der Waals surface area contributed by atoms with Gasteiger partial charge in [0.15, 0.2) is 5.16 Å². The third-order valence-corrected chi connectivity index (χ3v) is 5.75. The molecule has 4 rings (SSSR count). The van der Waals surface area contributed by atoms with Gasteiger partial charge in [0.05, 0.1) is 21.7 Å². The Morgan fingerprint density at radius 1 is 1.10 bits per heavy atom. The van der Waals surface area contributed by atoms with Gasteiger partial charge in [-0.25, -0.2) is 14.4 Å². The fraction of sp³-hybridized carbons (Fsp3) is 0.182. The van der Waals surface area contributed by atoms with Crippen LogP contribution in [-0.4, -0.2) is 31.8 Å². The molecule has 158 valence electrons. The normalized spacial score (nSPS) is 11.0. The van der Waals surface area contributed by atoms with Crippen LogP contribution in [0.2, 0.25) is 0 Å². The van der Waals surface area contributed by atoms with Gasteiger partial charge in [0.2, 0.25) is 5.82 Å². The fourth-order valence-electron chi connectivity index (χ4n) is 3.29. The summed E-state index contributed by atoms with van der Waals surface area (Å²) < 4.78 is 15.3. The van der Waals surface area contributed by atoms with Crippen LogP contribution in [0.4, 0.5) is 15.9 Å². The molecule has 0 spiro atoms. The van der Waals surface area contributed by atoms with Crippen molar-refractivity contribution in [1.29, 1.82) is 0 Å². The second kappa shape index (κ2) is 9.13. The number of halogens is 1. The predicted octanol–water partition coefficient (Wildman–Crippen LogP) is 5.37. The van der Waals surface area contributed by atoms with Crippen LogP contribution in [0.5, 0.6) is 0 Å². The first-order chi connectivity index (χ1) is 15.1. The summed E-state index contributed by atoms with van der Waals surface area (Å²) in [5, 5.41) is 15.4. The molecule has 9 heteroatoms. The monoisotopic (exact) mass is 437 g/mol. The highest BCUT2D eigenvalue weighted by molar-refractivity contribution is 7.99. The van der Waals surface area contributed by atoms with Crippen LogP contribution in [0.15, 0.2) is 65.8 Å². The number of hydrogen-bond acceptors (Lipinski definition) is 6. The number of benzene rings is 2. The van der Waals surface area contributed by atoms with Crippen LogP contribution in [-0.2, 0) is 6.54 Å². The smallest absolute Gasteiger partial charge is 0.311 e. The van der Waals surface area contributed by atoms with Gasteiger partial charge in [0, 0.05) is 30.5 Å². The Balaban J connectivity index is 1.48. The number of anilines is 1. The zero-order chi connectivity index (χ0) is 21.8. The first-order valence-corrected chi connectivity index (χ1v) is 10.8.